The molecule has 3 unspecified atom stereocenters. The number of hydrogen-bond acceptors (Lipinski definition) is 7. The monoisotopic (exact) mass is 664 g/mol. The first-order valence-corrected chi connectivity index (χ1v) is 15.9. The summed E-state index contributed by atoms with van der Waals surface area (Å²) >= 11 is 12.3. The maximum absolute atomic E-state index is 13.7. The molecule has 44 heavy (non-hydrogen) atoms. The third-order valence-corrected chi connectivity index (χ3v) is 10.0. The fourth-order valence-corrected chi connectivity index (χ4v) is 6.25. The van der Waals surface area contributed by atoms with Crippen molar-refractivity contribution in [3.05, 3.63) is 76.3 Å². The molecule has 3 aromatic carbocycles. The fourth-order valence-electron chi connectivity index (χ4n) is 4.72. The lowest BCUT2D eigenvalue weighted by Crippen LogP contribution is -2.50. The smallest absolute Gasteiger partial charge is 0.323 e. The van der Waals surface area contributed by atoms with Crippen LogP contribution in [0.3, 0.4) is 0 Å². The molecule has 3 aromatic rings. The fraction of sp³-hybridized carbons (Fsp3) is 0.333. The largest absolute Gasteiger partial charge is 0.497 e. The number of fused-ring (bicyclic) bond motifs is 1. The van der Waals surface area contributed by atoms with Crippen LogP contribution in [0.15, 0.2) is 65.6 Å². The van der Waals surface area contributed by atoms with Crippen molar-refractivity contribution in [3.8, 4) is 11.5 Å². The number of nitrogens with zero attached hydrogens (tertiary/aromatic N) is 2. The summed E-state index contributed by atoms with van der Waals surface area (Å²) in [6.07, 6.45) is -0.762. The Morgan fingerprint density at radius 3 is 2.41 bits per heavy atom. The van der Waals surface area contributed by atoms with Gasteiger partial charge in [0.05, 0.1) is 58.2 Å². The lowest BCUT2D eigenvalue weighted by atomic mass is 9.99. The molecule has 4 rings (SSSR count). The Morgan fingerprint density at radius 1 is 1.11 bits per heavy atom. The van der Waals surface area contributed by atoms with Crippen LogP contribution in [-0.4, -0.2) is 80.7 Å². The molecule has 236 valence electrons. The van der Waals surface area contributed by atoms with Crippen molar-refractivity contribution >= 4 is 56.5 Å². The quantitative estimate of drug-likeness (QED) is 0.286. The van der Waals surface area contributed by atoms with Gasteiger partial charge in [0, 0.05) is 19.5 Å². The Kier molecular flexibility index (Phi) is 10.6. The van der Waals surface area contributed by atoms with Crippen molar-refractivity contribution in [3.63, 3.8) is 0 Å². The Bertz CT molecular complexity index is 1620. The van der Waals surface area contributed by atoms with Crippen LogP contribution in [0.1, 0.15) is 24.2 Å². The van der Waals surface area contributed by atoms with E-state index in [1.54, 1.807) is 55.5 Å². The summed E-state index contributed by atoms with van der Waals surface area (Å²) in [5, 5.41) is 15.7. The highest BCUT2D eigenvalue weighted by molar-refractivity contribution is 7.89. The molecule has 0 spiro atoms. The number of benzene rings is 3. The van der Waals surface area contributed by atoms with Gasteiger partial charge in [0.15, 0.2) is 5.75 Å². The van der Waals surface area contributed by atoms with Crippen LogP contribution >= 0.6 is 23.2 Å². The summed E-state index contributed by atoms with van der Waals surface area (Å²) in [5.74, 6) is -0.216. The van der Waals surface area contributed by atoms with Crippen molar-refractivity contribution in [2.45, 2.75) is 30.9 Å². The van der Waals surface area contributed by atoms with Gasteiger partial charge in [-0.25, -0.2) is 13.2 Å². The number of likely N-dealkylation sites (N-methyl/N-ethyl adjacent to an activating group) is 1. The molecule has 0 aromatic heterocycles. The highest BCUT2D eigenvalue weighted by Crippen LogP contribution is 2.36. The summed E-state index contributed by atoms with van der Waals surface area (Å²) < 4.78 is 39.7. The number of rotatable bonds is 9. The van der Waals surface area contributed by atoms with Gasteiger partial charge in [-0.2, -0.15) is 4.31 Å². The van der Waals surface area contributed by atoms with Crippen LogP contribution in [0.4, 0.5) is 16.2 Å². The predicted octanol–water partition coefficient (Wildman–Crippen LogP) is 5.19. The number of hydrogen-bond donors (Lipinski definition) is 3. The van der Waals surface area contributed by atoms with Gasteiger partial charge in [-0.3, -0.25) is 4.79 Å². The van der Waals surface area contributed by atoms with Crippen LogP contribution in [0, 0.1) is 5.92 Å². The van der Waals surface area contributed by atoms with E-state index in [-0.39, 0.29) is 63.2 Å². The number of nitrogens with one attached hydrogen (secondary N) is 2. The summed E-state index contributed by atoms with van der Waals surface area (Å²) in [5.41, 5.74) is 0.580. The van der Waals surface area contributed by atoms with Gasteiger partial charge in [0.2, 0.25) is 10.0 Å². The minimum atomic E-state index is -3.93. The molecule has 3 atom stereocenters. The zero-order chi connectivity index (χ0) is 32.2. The molecule has 0 fully saturated rings. The van der Waals surface area contributed by atoms with Gasteiger partial charge in [0.25, 0.3) is 5.91 Å². The number of urea groups is 1. The maximum atomic E-state index is 13.7. The molecule has 11 nitrogen and oxygen atoms in total. The highest BCUT2D eigenvalue weighted by Gasteiger charge is 2.36. The number of carbonyl (C=O) groups excluding carboxylic acids is 2. The molecular weight excluding hydrogens is 631 g/mol. The number of anilines is 2. The number of amides is 3. The van der Waals surface area contributed by atoms with Gasteiger partial charge >= 0.3 is 6.03 Å². The Balaban J connectivity index is 1.68. The summed E-state index contributed by atoms with van der Waals surface area (Å²) in [6, 6.07) is 14.3. The number of para-hydroxylation sites is 1. The molecule has 0 saturated heterocycles. The third kappa shape index (κ3) is 7.22. The lowest BCUT2D eigenvalue weighted by molar-refractivity contribution is 0.0389. The third-order valence-electron chi connectivity index (χ3n) is 7.34. The minimum Gasteiger partial charge on any atom is -0.497 e. The molecule has 1 aliphatic rings. The minimum absolute atomic E-state index is 0.0618. The second-order valence-corrected chi connectivity index (χ2v) is 13.3. The first-order valence-electron chi connectivity index (χ1n) is 13.7. The number of carbonyl (C=O) groups is 2. The molecule has 3 amide bonds. The second kappa shape index (κ2) is 14.0. The molecule has 0 aliphatic carbocycles. The van der Waals surface area contributed by atoms with Crippen LogP contribution in [-0.2, 0) is 10.0 Å². The van der Waals surface area contributed by atoms with Gasteiger partial charge in [-0.15, -0.1) is 0 Å². The first-order chi connectivity index (χ1) is 20.9. The van der Waals surface area contributed by atoms with E-state index in [0.717, 1.165) is 0 Å². The maximum Gasteiger partial charge on any atom is 0.323 e. The van der Waals surface area contributed by atoms with Crippen molar-refractivity contribution < 1.29 is 32.6 Å². The summed E-state index contributed by atoms with van der Waals surface area (Å²) in [4.78, 5) is 28.4. The molecule has 3 N–H and O–H groups in total. The highest BCUT2D eigenvalue weighted by atomic mass is 35.5. The average Bonchev–Trinajstić information content (AvgIpc) is 3.01. The number of sulfonamides is 1. The van der Waals surface area contributed by atoms with E-state index in [2.05, 4.69) is 10.6 Å². The van der Waals surface area contributed by atoms with Gasteiger partial charge < -0.3 is 30.1 Å². The van der Waals surface area contributed by atoms with Crippen molar-refractivity contribution in [1.82, 2.24) is 9.21 Å². The molecular formula is C30H34Cl2N4O7S. The Labute approximate surface area is 266 Å². The second-order valence-electron chi connectivity index (χ2n) is 10.4. The zero-order valence-corrected chi connectivity index (χ0v) is 26.9. The van der Waals surface area contributed by atoms with Gasteiger partial charge in [-0.1, -0.05) is 42.3 Å². The Hall–Kier alpha value is -3.55. The normalized spacial score (nSPS) is 17.6. The average molecular weight is 666 g/mol. The first kappa shape index (κ1) is 33.3. The van der Waals surface area contributed by atoms with Crippen LogP contribution < -0.4 is 20.1 Å². The topological polar surface area (TPSA) is 138 Å². The molecule has 1 heterocycles. The van der Waals surface area contributed by atoms with E-state index in [9.17, 15) is 23.1 Å². The van der Waals surface area contributed by atoms with Crippen LogP contribution in [0.25, 0.3) is 0 Å². The van der Waals surface area contributed by atoms with Crippen molar-refractivity contribution in [2.75, 3.05) is 44.5 Å². The van der Waals surface area contributed by atoms with E-state index < -0.39 is 34.1 Å². The molecule has 1 aliphatic heterocycles. The number of aliphatic hydroxyl groups is 1. The summed E-state index contributed by atoms with van der Waals surface area (Å²) in [7, 11) is -0.990. The van der Waals surface area contributed by atoms with E-state index >= 15 is 0 Å². The number of ether oxygens (including phenoxy) is 2. The van der Waals surface area contributed by atoms with E-state index in [0.29, 0.717) is 5.75 Å². The molecule has 0 saturated carbocycles. The van der Waals surface area contributed by atoms with E-state index in [1.165, 1.54) is 35.5 Å². The predicted molar refractivity (Wildman–Crippen MR) is 170 cm³/mol. The Morgan fingerprint density at radius 2 is 1.75 bits per heavy atom. The van der Waals surface area contributed by atoms with Gasteiger partial charge in [-0.05, 0) is 55.5 Å². The van der Waals surface area contributed by atoms with Crippen molar-refractivity contribution in [1.29, 1.82) is 0 Å². The number of aliphatic hydroxyl groups excluding tert-OH is 1. The van der Waals surface area contributed by atoms with Gasteiger partial charge in [0.1, 0.15) is 11.9 Å². The number of methoxy groups -OCH3 is 1. The van der Waals surface area contributed by atoms with Crippen molar-refractivity contribution in [2.24, 2.45) is 5.92 Å². The van der Waals surface area contributed by atoms with Crippen LogP contribution in [0.2, 0.25) is 10.0 Å². The van der Waals surface area contributed by atoms with E-state index in [4.69, 9.17) is 32.7 Å². The lowest BCUT2D eigenvalue weighted by Gasteiger charge is -2.38. The van der Waals surface area contributed by atoms with E-state index in [1.807, 2.05) is 6.92 Å². The van der Waals surface area contributed by atoms with Crippen LogP contribution in [0.5, 0.6) is 11.5 Å². The molecule has 14 heteroatoms. The molecule has 0 bridgehead atoms. The standard InChI is InChI=1S/C30H34Cl2N4O7S/c1-18-15-36(19(2)17-37)29(38)22-7-5-10-25(34-30(39)33-24-9-6-8-23(31)27(24)32)28(22)43-26(18)16-35(3)44(40,41)21-13-11-20(42-4)12-14-21/h5-14,18-19,26,37H,15-17H2,1-4H3,(H2,33,34,39). The number of halogens is 2. The molecule has 0 radical (unpaired) electrons. The SMILES string of the molecule is COc1ccc(S(=O)(=O)N(C)CC2Oc3c(NC(=O)Nc4cccc(Cl)c4Cl)cccc3C(=O)N(C(C)CO)CC2C)cc1. The zero-order valence-electron chi connectivity index (χ0n) is 24.6. The summed E-state index contributed by atoms with van der Waals surface area (Å²) in [6.45, 7) is 3.37.